The third-order valence-corrected chi connectivity index (χ3v) is 7.49. The average molecular weight is 484 g/mol. The van der Waals surface area contributed by atoms with E-state index in [1.54, 1.807) is 37.6 Å². The van der Waals surface area contributed by atoms with Crippen molar-refractivity contribution >= 4 is 10.8 Å². The van der Waals surface area contributed by atoms with Crippen molar-refractivity contribution in [3.05, 3.63) is 71.4 Å². The highest BCUT2D eigenvalue weighted by molar-refractivity contribution is 5.95. The predicted molar refractivity (Wildman–Crippen MR) is 132 cm³/mol. The first-order valence-corrected chi connectivity index (χ1v) is 11.8. The van der Waals surface area contributed by atoms with Crippen LogP contribution in [0.25, 0.3) is 16.5 Å². The molecule has 2 aliphatic heterocycles. The van der Waals surface area contributed by atoms with Gasteiger partial charge in [-0.3, -0.25) is 4.57 Å². The van der Waals surface area contributed by atoms with Gasteiger partial charge in [0, 0.05) is 29.5 Å². The van der Waals surface area contributed by atoms with E-state index < -0.39 is 11.2 Å². The summed E-state index contributed by atoms with van der Waals surface area (Å²) in [5, 5.41) is 34.0. The number of hydrogen-bond acceptors (Lipinski definition) is 7. The third kappa shape index (κ3) is 3.06. The lowest BCUT2D eigenvalue weighted by atomic mass is 9.78. The summed E-state index contributed by atoms with van der Waals surface area (Å²) < 4.78 is 19.1. The Kier molecular flexibility index (Phi) is 4.88. The molecule has 1 saturated heterocycles. The standard InChI is InChI=1S/C28H25N3O5/c1-27-10-11-28(36-27,12-14-35-22-15-18(34-2)9-13-30-22)24-23(27)25(32)31(26(24)33)21-8-7-17(16-29)19-5-3-4-6-20(19)21/h3-9,13,15,32-33H,10-12,14H2,1-2H3/t27-,28-/m0/s1. The first-order chi connectivity index (χ1) is 17.4. The van der Waals surface area contributed by atoms with Crippen molar-refractivity contribution in [2.45, 2.75) is 37.4 Å². The molecular formula is C28H25N3O5. The smallest absolute Gasteiger partial charge is 0.216 e. The SMILES string of the molecule is COc1ccnc(OCC[C@]23CC[C@](C)(O2)c2c3c(O)n(-c3ccc(C#N)c4ccccc34)c2O)c1. The molecule has 8 nitrogen and oxygen atoms in total. The average Bonchev–Trinajstić information content (AvgIpc) is 3.48. The van der Waals surface area contributed by atoms with Crippen LogP contribution in [-0.4, -0.2) is 33.5 Å². The zero-order valence-electron chi connectivity index (χ0n) is 20.0. The number of fused-ring (bicyclic) bond motifs is 6. The normalized spacial score (nSPS) is 21.9. The number of rotatable bonds is 6. The molecule has 6 rings (SSSR count). The topological polar surface area (TPSA) is 110 Å². The van der Waals surface area contributed by atoms with E-state index in [-0.39, 0.29) is 11.8 Å². The summed E-state index contributed by atoms with van der Waals surface area (Å²) in [6.45, 7) is 2.26. The van der Waals surface area contributed by atoms with Gasteiger partial charge in [0.1, 0.15) is 11.4 Å². The van der Waals surface area contributed by atoms with Crippen LogP contribution in [0.4, 0.5) is 0 Å². The van der Waals surface area contributed by atoms with Crippen LogP contribution in [0.15, 0.2) is 54.7 Å². The van der Waals surface area contributed by atoms with Crippen molar-refractivity contribution < 1.29 is 24.4 Å². The van der Waals surface area contributed by atoms with Crippen molar-refractivity contribution in [1.82, 2.24) is 9.55 Å². The molecule has 2 aromatic heterocycles. The van der Waals surface area contributed by atoms with E-state index in [2.05, 4.69) is 11.1 Å². The Morgan fingerprint density at radius 1 is 1.08 bits per heavy atom. The first kappa shape index (κ1) is 22.3. The maximum absolute atomic E-state index is 11.5. The number of aromatic hydroxyl groups is 2. The number of pyridine rings is 1. The lowest BCUT2D eigenvalue weighted by molar-refractivity contribution is -0.0877. The zero-order chi connectivity index (χ0) is 25.1. The quantitative estimate of drug-likeness (QED) is 0.396. The van der Waals surface area contributed by atoms with Gasteiger partial charge in [0.05, 0.1) is 47.8 Å². The molecule has 8 heteroatoms. The Bertz CT molecular complexity index is 1560. The molecule has 0 saturated carbocycles. The van der Waals surface area contributed by atoms with E-state index in [1.807, 2.05) is 31.2 Å². The summed E-state index contributed by atoms with van der Waals surface area (Å²) in [5.41, 5.74) is 0.826. The van der Waals surface area contributed by atoms with Gasteiger partial charge >= 0.3 is 0 Å². The third-order valence-electron chi connectivity index (χ3n) is 7.49. The molecule has 1 fully saturated rings. The van der Waals surface area contributed by atoms with Crippen LogP contribution < -0.4 is 9.47 Å². The second kappa shape index (κ2) is 7.90. The molecule has 4 heterocycles. The summed E-state index contributed by atoms with van der Waals surface area (Å²) in [6.07, 6.45) is 3.49. The predicted octanol–water partition coefficient (Wildman–Crippen LogP) is 5.02. The molecule has 4 aromatic rings. The number of nitrogens with zero attached hydrogens (tertiary/aromatic N) is 3. The summed E-state index contributed by atoms with van der Waals surface area (Å²) in [5.74, 6) is 0.996. The Morgan fingerprint density at radius 2 is 1.86 bits per heavy atom. The van der Waals surface area contributed by atoms with Gasteiger partial charge in [-0.2, -0.15) is 5.26 Å². The molecule has 2 N–H and O–H groups in total. The van der Waals surface area contributed by atoms with Crippen molar-refractivity contribution in [1.29, 1.82) is 5.26 Å². The fourth-order valence-electron chi connectivity index (χ4n) is 5.83. The van der Waals surface area contributed by atoms with Gasteiger partial charge in [-0.1, -0.05) is 24.3 Å². The van der Waals surface area contributed by atoms with E-state index in [0.717, 1.165) is 10.8 Å². The number of nitriles is 1. The van der Waals surface area contributed by atoms with Gasteiger partial charge < -0.3 is 24.4 Å². The molecule has 2 aliphatic rings. The van der Waals surface area contributed by atoms with Crippen molar-refractivity contribution in [2.24, 2.45) is 0 Å². The number of ether oxygens (including phenoxy) is 3. The maximum Gasteiger partial charge on any atom is 0.216 e. The highest BCUT2D eigenvalue weighted by atomic mass is 16.5. The van der Waals surface area contributed by atoms with Gasteiger partial charge in [-0.15, -0.1) is 0 Å². The molecule has 36 heavy (non-hydrogen) atoms. The minimum Gasteiger partial charge on any atom is -0.497 e. The Balaban J connectivity index is 1.41. The number of benzene rings is 2. The highest BCUT2D eigenvalue weighted by Gasteiger charge is 2.61. The Hall–Kier alpha value is -4.22. The van der Waals surface area contributed by atoms with Gasteiger partial charge in [0.2, 0.25) is 17.6 Å². The minimum atomic E-state index is -0.793. The number of methoxy groups -OCH3 is 1. The Labute approximate surface area is 207 Å². The molecule has 0 aliphatic carbocycles. The van der Waals surface area contributed by atoms with Crippen LogP contribution in [0.3, 0.4) is 0 Å². The molecule has 2 bridgehead atoms. The van der Waals surface area contributed by atoms with E-state index >= 15 is 0 Å². The molecule has 2 atom stereocenters. The van der Waals surface area contributed by atoms with E-state index in [4.69, 9.17) is 14.2 Å². The van der Waals surface area contributed by atoms with Crippen LogP contribution in [0.5, 0.6) is 23.4 Å². The lowest BCUT2D eigenvalue weighted by Gasteiger charge is -2.26. The molecule has 2 aromatic carbocycles. The second-order valence-corrected chi connectivity index (χ2v) is 9.48. The van der Waals surface area contributed by atoms with Crippen molar-refractivity contribution in [3.8, 4) is 35.1 Å². The molecule has 182 valence electrons. The maximum atomic E-state index is 11.5. The first-order valence-electron chi connectivity index (χ1n) is 11.8. The molecule has 0 amide bonds. The Morgan fingerprint density at radius 3 is 2.64 bits per heavy atom. The fraction of sp³-hybridized carbons (Fsp3) is 0.286. The van der Waals surface area contributed by atoms with Gasteiger partial charge in [-0.25, -0.2) is 4.98 Å². The van der Waals surface area contributed by atoms with E-state index in [9.17, 15) is 15.5 Å². The minimum absolute atomic E-state index is 0.0446. The van der Waals surface area contributed by atoms with Crippen molar-refractivity contribution in [2.75, 3.05) is 13.7 Å². The van der Waals surface area contributed by atoms with Crippen LogP contribution in [0.1, 0.15) is 42.9 Å². The fourth-order valence-corrected chi connectivity index (χ4v) is 5.83. The largest absolute Gasteiger partial charge is 0.497 e. The highest BCUT2D eigenvalue weighted by Crippen LogP contribution is 2.65. The van der Waals surface area contributed by atoms with Gasteiger partial charge in [0.15, 0.2) is 0 Å². The molecule has 0 spiro atoms. The van der Waals surface area contributed by atoms with Crippen LogP contribution in [-0.2, 0) is 15.9 Å². The second-order valence-electron chi connectivity index (χ2n) is 9.48. The molecule has 0 unspecified atom stereocenters. The summed E-state index contributed by atoms with van der Waals surface area (Å²) >= 11 is 0. The summed E-state index contributed by atoms with van der Waals surface area (Å²) in [6, 6.07) is 16.6. The van der Waals surface area contributed by atoms with E-state index in [1.165, 1.54) is 4.57 Å². The van der Waals surface area contributed by atoms with Gasteiger partial charge in [-0.05, 0) is 38.0 Å². The molecule has 0 radical (unpaired) electrons. The summed E-state index contributed by atoms with van der Waals surface area (Å²) in [4.78, 5) is 4.23. The van der Waals surface area contributed by atoms with Crippen LogP contribution in [0, 0.1) is 11.3 Å². The van der Waals surface area contributed by atoms with Crippen molar-refractivity contribution in [3.63, 3.8) is 0 Å². The monoisotopic (exact) mass is 483 g/mol. The lowest BCUT2D eigenvalue weighted by Crippen LogP contribution is -2.25. The van der Waals surface area contributed by atoms with Gasteiger partial charge in [0.25, 0.3) is 0 Å². The number of aromatic nitrogens is 2. The summed E-state index contributed by atoms with van der Waals surface area (Å²) in [7, 11) is 1.59. The molecular weight excluding hydrogens is 458 g/mol. The van der Waals surface area contributed by atoms with Crippen LogP contribution in [0.2, 0.25) is 0 Å². The number of hydrogen-bond donors (Lipinski definition) is 2. The van der Waals surface area contributed by atoms with Crippen LogP contribution >= 0.6 is 0 Å². The van der Waals surface area contributed by atoms with E-state index in [0.29, 0.717) is 59.9 Å². The zero-order valence-corrected chi connectivity index (χ0v) is 20.0.